The number of hydrogen-bond donors (Lipinski definition) is 1. The number of thiophene rings is 1. The smallest absolute Gasteiger partial charge is 0.0991 e. The van der Waals surface area contributed by atoms with Crippen molar-refractivity contribution in [1.82, 2.24) is 5.32 Å². The van der Waals surface area contributed by atoms with Crippen LogP contribution in [-0.2, 0) is 0 Å². The van der Waals surface area contributed by atoms with Crippen molar-refractivity contribution >= 4 is 34.5 Å². The van der Waals surface area contributed by atoms with Crippen LogP contribution in [-0.4, -0.2) is 6.54 Å². The van der Waals surface area contributed by atoms with Crippen LogP contribution in [0.5, 0.6) is 0 Å². The van der Waals surface area contributed by atoms with E-state index in [1.54, 1.807) is 5.57 Å². The molecule has 1 heterocycles. The summed E-state index contributed by atoms with van der Waals surface area (Å²) in [5, 5.41) is 3.52. The van der Waals surface area contributed by atoms with Crippen LogP contribution in [0.1, 0.15) is 50.6 Å². The average Bonchev–Trinajstić information content (AvgIpc) is 2.70. The first-order chi connectivity index (χ1) is 8.66. The Morgan fingerprint density at radius 2 is 2.22 bits per heavy atom. The van der Waals surface area contributed by atoms with Crippen LogP contribution in [0.15, 0.2) is 17.7 Å². The van der Waals surface area contributed by atoms with Gasteiger partial charge in [-0.05, 0) is 57.2 Å². The van der Waals surface area contributed by atoms with Crippen LogP contribution in [0.4, 0.5) is 0 Å². The van der Waals surface area contributed by atoms with E-state index in [2.05, 4.69) is 18.3 Å². The zero-order chi connectivity index (χ0) is 13.0. The van der Waals surface area contributed by atoms with E-state index >= 15 is 0 Å². The number of nitrogens with one attached hydrogen (secondary N) is 1. The predicted octanol–water partition coefficient (Wildman–Crippen LogP) is 5.60. The van der Waals surface area contributed by atoms with Gasteiger partial charge in [0.2, 0.25) is 0 Å². The third-order valence-corrected chi connectivity index (χ3v) is 4.95. The Balaban J connectivity index is 1.79. The molecule has 1 unspecified atom stereocenters. The van der Waals surface area contributed by atoms with Crippen molar-refractivity contribution in [3.05, 3.63) is 32.0 Å². The third-order valence-electron chi connectivity index (χ3n) is 3.43. The summed E-state index contributed by atoms with van der Waals surface area (Å²) in [5.41, 5.74) is 2.72. The molecular formula is C14H19Cl2NS. The summed E-state index contributed by atoms with van der Waals surface area (Å²) in [6.07, 6.45) is 8.81. The lowest BCUT2D eigenvalue weighted by Crippen LogP contribution is -2.20. The van der Waals surface area contributed by atoms with E-state index in [1.165, 1.54) is 37.0 Å². The van der Waals surface area contributed by atoms with Crippen LogP contribution in [0.3, 0.4) is 0 Å². The van der Waals surface area contributed by atoms with E-state index in [0.717, 1.165) is 27.2 Å². The van der Waals surface area contributed by atoms with E-state index in [9.17, 15) is 0 Å². The van der Waals surface area contributed by atoms with Gasteiger partial charge in [0, 0.05) is 6.04 Å². The Hall–Kier alpha value is -0.0200. The van der Waals surface area contributed by atoms with Gasteiger partial charge in [0.15, 0.2) is 0 Å². The van der Waals surface area contributed by atoms with Crippen LogP contribution in [0.25, 0.3) is 0 Å². The normalized spacial score (nSPS) is 17.6. The van der Waals surface area contributed by atoms with Crippen molar-refractivity contribution in [2.24, 2.45) is 0 Å². The minimum absolute atomic E-state index is 0.269. The first-order valence-electron chi connectivity index (χ1n) is 6.53. The molecule has 4 heteroatoms. The summed E-state index contributed by atoms with van der Waals surface area (Å²) < 4.78 is 1.57. The van der Waals surface area contributed by atoms with Gasteiger partial charge >= 0.3 is 0 Å². The Morgan fingerprint density at radius 1 is 1.39 bits per heavy atom. The van der Waals surface area contributed by atoms with Gasteiger partial charge in [0.1, 0.15) is 0 Å². The van der Waals surface area contributed by atoms with Crippen molar-refractivity contribution in [2.45, 2.75) is 45.1 Å². The number of hydrogen-bond acceptors (Lipinski definition) is 2. The summed E-state index contributed by atoms with van der Waals surface area (Å²) in [4.78, 5) is 0. The molecule has 1 aliphatic carbocycles. The molecule has 0 saturated carbocycles. The van der Waals surface area contributed by atoms with Crippen molar-refractivity contribution in [1.29, 1.82) is 0 Å². The highest BCUT2D eigenvalue weighted by molar-refractivity contribution is 7.20. The van der Waals surface area contributed by atoms with Gasteiger partial charge in [0.05, 0.1) is 8.67 Å². The Bertz CT molecular complexity index is 425. The van der Waals surface area contributed by atoms with Gasteiger partial charge in [-0.1, -0.05) is 34.9 Å². The topological polar surface area (TPSA) is 12.0 Å². The molecule has 0 aliphatic heterocycles. The van der Waals surface area contributed by atoms with Crippen LogP contribution in [0.2, 0.25) is 8.67 Å². The molecule has 18 heavy (non-hydrogen) atoms. The molecule has 0 aromatic carbocycles. The second kappa shape index (κ2) is 6.95. The maximum atomic E-state index is 6.15. The highest BCUT2D eigenvalue weighted by atomic mass is 35.5. The summed E-state index contributed by atoms with van der Waals surface area (Å²) >= 11 is 13.6. The lowest BCUT2D eigenvalue weighted by atomic mass is 9.97. The predicted molar refractivity (Wildman–Crippen MR) is 81.9 cm³/mol. The van der Waals surface area contributed by atoms with E-state index in [0.29, 0.717) is 0 Å². The fourth-order valence-electron chi connectivity index (χ4n) is 2.34. The van der Waals surface area contributed by atoms with E-state index in [4.69, 9.17) is 23.2 Å². The fourth-order valence-corrected chi connectivity index (χ4v) is 3.98. The van der Waals surface area contributed by atoms with Crippen LogP contribution < -0.4 is 5.32 Å². The lowest BCUT2D eigenvalue weighted by molar-refractivity contribution is 0.564. The molecule has 0 fully saturated rings. The minimum Gasteiger partial charge on any atom is -0.310 e. The van der Waals surface area contributed by atoms with E-state index < -0.39 is 0 Å². The second-order valence-electron chi connectivity index (χ2n) is 4.81. The largest absolute Gasteiger partial charge is 0.310 e. The molecule has 1 atom stereocenters. The maximum Gasteiger partial charge on any atom is 0.0991 e. The molecule has 1 aliphatic rings. The molecule has 0 spiro atoms. The van der Waals surface area contributed by atoms with Crippen molar-refractivity contribution < 1.29 is 0 Å². The monoisotopic (exact) mass is 303 g/mol. The molecule has 0 amide bonds. The molecule has 1 aromatic rings. The Morgan fingerprint density at radius 3 is 2.83 bits per heavy atom. The van der Waals surface area contributed by atoms with Crippen LogP contribution >= 0.6 is 34.5 Å². The zero-order valence-corrected chi connectivity index (χ0v) is 13.0. The van der Waals surface area contributed by atoms with E-state index in [-0.39, 0.29) is 6.04 Å². The molecule has 2 rings (SSSR count). The van der Waals surface area contributed by atoms with Gasteiger partial charge in [0.25, 0.3) is 0 Å². The second-order valence-corrected chi connectivity index (χ2v) is 7.10. The maximum absolute atomic E-state index is 6.15. The zero-order valence-electron chi connectivity index (χ0n) is 10.6. The summed E-state index contributed by atoms with van der Waals surface area (Å²) in [7, 11) is 0. The Kier molecular flexibility index (Phi) is 5.56. The molecule has 100 valence electrons. The molecule has 0 bridgehead atoms. The molecule has 0 saturated heterocycles. The average molecular weight is 304 g/mol. The van der Waals surface area contributed by atoms with Crippen molar-refractivity contribution in [2.75, 3.05) is 6.54 Å². The van der Waals surface area contributed by atoms with Gasteiger partial charge in [-0.2, -0.15) is 0 Å². The Labute approximate surface area is 123 Å². The van der Waals surface area contributed by atoms with Crippen molar-refractivity contribution in [3.63, 3.8) is 0 Å². The molecule has 1 aromatic heterocycles. The number of rotatable bonds is 5. The highest BCUT2D eigenvalue weighted by Gasteiger charge is 2.13. The molecule has 1 nitrogen and oxygen atoms in total. The van der Waals surface area contributed by atoms with Crippen molar-refractivity contribution in [3.8, 4) is 0 Å². The number of allylic oxidation sites excluding steroid dienone is 1. The first kappa shape index (κ1) is 14.4. The summed E-state index contributed by atoms with van der Waals surface area (Å²) in [6, 6.07) is 2.23. The molecular weight excluding hydrogens is 285 g/mol. The molecule has 0 radical (unpaired) electrons. The standard InChI is InChI=1S/C14H19Cl2NS/c1-10(12-9-13(15)18-14(12)16)17-8-7-11-5-3-2-4-6-11/h5,9-10,17H,2-4,6-8H2,1H3. The van der Waals surface area contributed by atoms with Gasteiger partial charge in [-0.3, -0.25) is 0 Å². The minimum atomic E-state index is 0.269. The summed E-state index contributed by atoms with van der Waals surface area (Å²) in [6.45, 7) is 3.15. The quantitative estimate of drug-likeness (QED) is 0.699. The molecule has 1 N–H and O–H groups in total. The highest BCUT2D eigenvalue weighted by Crippen LogP contribution is 2.34. The van der Waals surface area contributed by atoms with Gasteiger partial charge in [-0.15, -0.1) is 11.3 Å². The first-order valence-corrected chi connectivity index (χ1v) is 8.10. The SMILES string of the molecule is CC(NCCC1=CCCCC1)c1cc(Cl)sc1Cl. The fraction of sp³-hybridized carbons (Fsp3) is 0.571. The summed E-state index contributed by atoms with van der Waals surface area (Å²) in [5.74, 6) is 0. The van der Waals surface area contributed by atoms with Crippen LogP contribution in [0, 0.1) is 0 Å². The lowest BCUT2D eigenvalue weighted by Gasteiger charge is -2.16. The van der Waals surface area contributed by atoms with Gasteiger partial charge < -0.3 is 5.32 Å². The van der Waals surface area contributed by atoms with Gasteiger partial charge in [-0.25, -0.2) is 0 Å². The third kappa shape index (κ3) is 3.99. The number of halogens is 2. The van der Waals surface area contributed by atoms with E-state index in [1.807, 2.05) is 6.07 Å².